The monoisotopic (exact) mass is 921 g/mol. The molecule has 5 heterocycles. The number of carbonyl (C=O) groups is 3. The van der Waals surface area contributed by atoms with Gasteiger partial charge in [0.15, 0.2) is 17.4 Å². The lowest BCUT2D eigenvalue weighted by atomic mass is 9.77. The van der Waals surface area contributed by atoms with Crippen LogP contribution in [0.25, 0.3) is 21.8 Å². The number of hydrogen-bond acceptors (Lipinski definition) is 11. The summed E-state index contributed by atoms with van der Waals surface area (Å²) in [7, 11) is -0.793. The first-order valence-corrected chi connectivity index (χ1v) is 23.8. The fraction of sp³-hybridized carbons (Fsp3) is 0.457. The quantitative estimate of drug-likeness (QED) is 0.173. The van der Waals surface area contributed by atoms with Gasteiger partial charge in [0.05, 0.1) is 35.0 Å². The number of urea groups is 1. The molecule has 2 aromatic heterocycles. The molecule has 4 aliphatic rings. The van der Waals surface area contributed by atoms with Crippen molar-refractivity contribution < 1.29 is 31.9 Å². The van der Waals surface area contributed by atoms with Gasteiger partial charge in [-0.2, -0.15) is 23.1 Å². The summed E-state index contributed by atoms with van der Waals surface area (Å²) < 4.78 is 53.2. The molecule has 66 heavy (non-hydrogen) atoms. The highest BCUT2D eigenvalue weighted by Gasteiger charge is 2.43. The van der Waals surface area contributed by atoms with Crippen LogP contribution in [-0.4, -0.2) is 113 Å². The fourth-order valence-electron chi connectivity index (χ4n) is 10.1. The summed E-state index contributed by atoms with van der Waals surface area (Å²) in [5, 5.41) is 18.1. The van der Waals surface area contributed by atoms with E-state index in [0.29, 0.717) is 36.9 Å². The molecule has 1 spiro atoms. The Morgan fingerprint density at radius 1 is 1.02 bits per heavy atom. The van der Waals surface area contributed by atoms with E-state index in [1.54, 1.807) is 28.6 Å². The van der Waals surface area contributed by atoms with E-state index in [0.717, 1.165) is 85.4 Å². The molecule has 1 aliphatic carbocycles. The summed E-state index contributed by atoms with van der Waals surface area (Å²) >= 11 is 0. The standard InChI is InChI=1S/C46H52FN11O7S/c1-4-53(2)66(63,64)52-38-10-8-36(47)42(35(38)26-48)65-32-6-9-37-34(24-32)44(61)58(28-49-37)31-11-15-46(25-31)16-21-56(22-17-46)41(60)27-55-18-12-29(13-19-55)30-5-7-33-39(23-30)54(3)51-43(33)57-20-14-40(59)50-45(57)62/h5-10,23-24,28-29,31,52H,4,11-22,25,27H2,1-3H3,(H,50,59,62)/t31-/m0/s1. The number of piperidine rings is 2. The molecule has 18 nitrogen and oxygen atoms in total. The molecule has 0 bridgehead atoms. The molecule has 3 aromatic carbocycles. The van der Waals surface area contributed by atoms with Crippen molar-refractivity contribution >= 4 is 61.4 Å². The number of hydrogen-bond donors (Lipinski definition) is 2. The SMILES string of the molecule is CCN(C)S(=O)(=O)Nc1ccc(F)c(Oc2ccc3ncn([C@H]4CCC5(CCN(C(=O)CN6CCC(c7ccc8c(N9CCC(=O)NC9=O)nn(C)c8c7)CC6)CC5)C4)c(=O)c3c2)c1C#N. The van der Waals surface area contributed by atoms with Crippen molar-refractivity contribution in [1.82, 2.24) is 38.8 Å². The van der Waals surface area contributed by atoms with Crippen molar-refractivity contribution in [2.75, 3.05) is 62.5 Å². The van der Waals surface area contributed by atoms with Crippen LogP contribution in [0.2, 0.25) is 0 Å². The van der Waals surface area contributed by atoms with Crippen molar-refractivity contribution in [3.63, 3.8) is 0 Å². The lowest BCUT2D eigenvalue weighted by Gasteiger charge is -2.40. The van der Waals surface area contributed by atoms with Gasteiger partial charge < -0.3 is 9.64 Å². The van der Waals surface area contributed by atoms with Gasteiger partial charge in [-0.05, 0) is 117 Å². The zero-order valence-electron chi connectivity index (χ0n) is 37.1. The van der Waals surface area contributed by atoms with Crippen LogP contribution in [0.3, 0.4) is 0 Å². The molecule has 3 aliphatic heterocycles. The van der Waals surface area contributed by atoms with Gasteiger partial charge in [0.25, 0.3) is 5.56 Å². The number of ether oxygens (including phenoxy) is 1. The Morgan fingerprint density at radius 2 is 1.79 bits per heavy atom. The molecule has 9 rings (SSSR count). The predicted molar refractivity (Wildman–Crippen MR) is 244 cm³/mol. The summed E-state index contributed by atoms with van der Waals surface area (Å²) in [5.74, 6) is -0.562. The van der Waals surface area contributed by atoms with Gasteiger partial charge in [0, 0.05) is 58.1 Å². The predicted octanol–water partition coefficient (Wildman–Crippen LogP) is 5.35. The number of nitrogens with zero attached hydrogens (tertiary/aromatic N) is 9. The van der Waals surface area contributed by atoms with Gasteiger partial charge in [0.1, 0.15) is 17.4 Å². The maximum absolute atomic E-state index is 15.2. The lowest BCUT2D eigenvalue weighted by Crippen LogP contribution is -2.49. The fourth-order valence-corrected chi connectivity index (χ4v) is 11.0. The summed E-state index contributed by atoms with van der Waals surface area (Å²) in [5.41, 5.74) is 1.77. The molecule has 1 saturated carbocycles. The van der Waals surface area contributed by atoms with Crippen LogP contribution in [0.15, 0.2) is 59.7 Å². The van der Waals surface area contributed by atoms with Crippen LogP contribution in [-0.2, 0) is 26.8 Å². The molecule has 3 saturated heterocycles. The number of nitriles is 1. The first-order chi connectivity index (χ1) is 31.7. The highest BCUT2D eigenvalue weighted by molar-refractivity contribution is 7.90. The molecule has 4 fully saturated rings. The zero-order valence-corrected chi connectivity index (χ0v) is 37.9. The first-order valence-electron chi connectivity index (χ1n) is 22.4. The number of halogens is 1. The van der Waals surface area contributed by atoms with Gasteiger partial charge in [-0.1, -0.05) is 13.0 Å². The number of imide groups is 1. The summed E-state index contributed by atoms with van der Waals surface area (Å²) in [6, 6.07) is 14.3. The summed E-state index contributed by atoms with van der Waals surface area (Å²) in [6.45, 7) is 5.42. The molecule has 0 radical (unpaired) electrons. The van der Waals surface area contributed by atoms with Gasteiger partial charge in [0.2, 0.25) is 11.8 Å². The van der Waals surface area contributed by atoms with Crippen molar-refractivity contribution in [2.45, 2.75) is 70.3 Å². The van der Waals surface area contributed by atoms with E-state index in [1.165, 1.54) is 29.6 Å². The molecule has 5 aromatic rings. The largest absolute Gasteiger partial charge is 0.453 e. The number of anilines is 2. The number of rotatable bonds is 11. The van der Waals surface area contributed by atoms with Gasteiger partial charge in [-0.3, -0.25) is 43.5 Å². The van der Waals surface area contributed by atoms with Crippen LogP contribution in [0, 0.1) is 22.6 Å². The Balaban J connectivity index is 0.795. The second-order valence-electron chi connectivity index (χ2n) is 18.0. The number of aryl methyl sites for hydroxylation is 1. The molecule has 346 valence electrons. The number of carbonyl (C=O) groups excluding carboxylic acids is 3. The Hall–Kier alpha value is -6.43. The van der Waals surface area contributed by atoms with Gasteiger partial charge >= 0.3 is 16.2 Å². The Bertz CT molecular complexity index is 2970. The van der Waals surface area contributed by atoms with Crippen LogP contribution < -0.4 is 25.2 Å². The second kappa shape index (κ2) is 17.8. The number of aromatic nitrogens is 4. The third-order valence-electron chi connectivity index (χ3n) is 14.1. The highest BCUT2D eigenvalue weighted by Crippen LogP contribution is 2.50. The Kier molecular flexibility index (Phi) is 12.0. The van der Waals surface area contributed by atoms with Crippen LogP contribution in [0.1, 0.15) is 81.4 Å². The van der Waals surface area contributed by atoms with E-state index in [2.05, 4.69) is 37.2 Å². The Labute approximate surface area is 381 Å². The molecule has 20 heteroatoms. The topological polar surface area (TPSA) is 208 Å². The minimum Gasteiger partial charge on any atom is -0.453 e. The van der Waals surface area contributed by atoms with Crippen molar-refractivity contribution in [3.8, 4) is 17.6 Å². The molecule has 0 unspecified atom stereocenters. The highest BCUT2D eigenvalue weighted by atomic mass is 32.2. The van der Waals surface area contributed by atoms with Crippen LogP contribution in [0.4, 0.5) is 20.7 Å². The minimum atomic E-state index is -4.02. The zero-order chi connectivity index (χ0) is 46.5. The van der Waals surface area contributed by atoms with E-state index < -0.39 is 27.8 Å². The number of nitrogens with one attached hydrogen (secondary N) is 2. The van der Waals surface area contributed by atoms with Crippen molar-refractivity contribution in [1.29, 1.82) is 5.26 Å². The maximum atomic E-state index is 15.2. The van der Waals surface area contributed by atoms with E-state index in [1.807, 2.05) is 24.1 Å². The molecule has 2 N–H and O–H groups in total. The molecular weight excluding hydrogens is 870 g/mol. The summed E-state index contributed by atoms with van der Waals surface area (Å²) in [6.07, 6.45) is 7.81. The smallest absolute Gasteiger partial charge is 0.329 e. The number of benzene rings is 3. The van der Waals surface area contributed by atoms with E-state index in [4.69, 9.17) is 4.74 Å². The van der Waals surface area contributed by atoms with E-state index >= 15 is 4.39 Å². The first kappa shape index (κ1) is 44.8. The molecule has 1 atom stereocenters. The number of likely N-dealkylation sites (tertiary alicyclic amines) is 2. The number of fused-ring (bicyclic) bond motifs is 2. The lowest BCUT2D eigenvalue weighted by molar-refractivity contribution is -0.135. The van der Waals surface area contributed by atoms with Crippen molar-refractivity contribution in [2.24, 2.45) is 12.5 Å². The van der Waals surface area contributed by atoms with E-state index in [-0.39, 0.29) is 70.7 Å². The maximum Gasteiger partial charge on any atom is 0.329 e. The van der Waals surface area contributed by atoms with Crippen LogP contribution >= 0.6 is 0 Å². The second-order valence-corrected chi connectivity index (χ2v) is 19.8. The summed E-state index contributed by atoms with van der Waals surface area (Å²) in [4.78, 5) is 62.2. The van der Waals surface area contributed by atoms with Crippen molar-refractivity contribution in [3.05, 3.63) is 82.2 Å². The van der Waals surface area contributed by atoms with E-state index in [9.17, 15) is 32.9 Å². The normalized spacial score (nSPS) is 19.5. The third kappa shape index (κ3) is 8.58. The Morgan fingerprint density at radius 3 is 2.52 bits per heavy atom. The average Bonchev–Trinajstić information content (AvgIpc) is 3.87. The van der Waals surface area contributed by atoms with Gasteiger partial charge in [-0.15, -0.1) is 0 Å². The minimum absolute atomic E-state index is 0.00217. The van der Waals surface area contributed by atoms with Crippen LogP contribution in [0.5, 0.6) is 11.5 Å². The number of amides is 4. The molecular formula is C46H52FN11O7S. The third-order valence-corrected chi connectivity index (χ3v) is 15.7. The van der Waals surface area contributed by atoms with Gasteiger partial charge in [-0.25, -0.2) is 14.2 Å². The average molecular weight is 922 g/mol. The molecule has 4 amide bonds.